The predicted octanol–water partition coefficient (Wildman–Crippen LogP) is 1.84. The normalized spacial score (nSPS) is 58.0. The Bertz CT molecular complexity index is 197. The minimum atomic E-state index is 1.04. The van der Waals surface area contributed by atoms with Crippen LogP contribution in [0, 0.1) is 29.6 Å². The van der Waals surface area contributed by atoms with Gasteiger partial charge in [0.25, 0.3) is 0 Å². The van der Waals surface area contributed by atoms with E-state index in [-0.39, 0.29) is 0 Å². The largest absolute Gasteiger partial charge is 0.306 e. The van der Waals surface area contributed by atoms with Gasteiger partial charge in [-0.15, -0.1) is 0 Å². The van der Waals surface area contributed by atoms with E-state index in [1.807, 2.05) is 0 Å². The third-order valence-electron chi connectivity index (χ3n) is 4.73. The molecular formula is C11H19N. The molecule has 68 valence electrons. The number of fused-ring (bicyclic) bond motifs is 5. The van der Waals surface area contributed by atoms with Gasteiger partial charge in [-0.3, -0.25) is 0 Å². The first kappa shape index (κ1) is 7.37. The maximum absolute atomic E-state index is 2.55. The van der Waals surface area contributed by atoms with E-state index >= 15 is 0 Å². The lowest BCUT2D eigenvalue weighted by molar-refractivity contribution is 0.217. The van der Waals surface area contributed by atoms with Crippen LogP contribution in [0.25, 0.3) is 0 Å². The first-order chi connectivity index (χ1) is 5.75. The van der Waals surface area contributed by atoms with E-state index in [0.717, 1.165) is 29.6 Å². The number of hydrogen-bond acceptors (Lipinski definition) is 1. The summed E-state index contributed by atoms with van der Waals surface area (Å²) in [6, 6.07) is 0. The standard InChI is InChI=1S/C11H19N/c1-7-3-8-4-9(7)11-6-12(2)5-10(8)11/h7-11H,3-6H2,1-2H3. The van der Waals surface area contributed by atoms with E-state index in [9.17, 15) is 0 Å². The van der Waals surface area contributed by atoms with Crippen LogP contribution in [0.2, 0.25) is 0 Å². The topological polar surface area (TPSA) is 3.24 Å². The molecule has 5 unspecified atom stereocenters. The summed E-state index contributed by atoms with van der Waals surface area (Å²) in [5, 5.41) is 0. The van der Waals surface area contributed by atoms with Gasteiger partial charge in [-0.25, -0.2) is 0 Å². The highest BCUT2D eigenvalue weighted by molar-refractivity contribution is 5.03. The molecule has 2 bridgehead atoms. The maximum atomic E-state index is 2.55. The van der Waals surface area contributed by atoms with E-state index < -0.39 is 0 Å². The molecule has 0 aromatic heterocycles. The van der Waals surface area contributed by atoms with Crippen LogP contribution >= 0.6 is 0 Å². The lowest BCUT2D eigenvalue weighted by Gasteiger charge is -2.28. The van der Waals surface area contributed by atoms with Crippen molar-refractivity contribution in [3.8, 4) is 0 Å². The second-order valence-corrected chi connectivity index (χ2v) is 5.42. The minimum Gasteiger partial charge on any atom is -0.306 e. The average molecular weight is 165 g/mol. The van der Waals surface area contributed by atoms with Crippen molar-refractivity contribution in [1.82, 2.24) is 4.90 Å². The number of rotatable bonds is 0. The zero-order chi connectivity index (χ0) is 8.29. The number of likely N-dealkylation sites (tertiary alicyclic amines) is 1. The lowest BCUT2D eigenvalue weighted by Crippen LogP contribution is -2.25. The fourth-order valence-electron chi connectivity index (χ4n) is 4.29. The molecule has 1 nitrogen and oxygen atoms in total. The van der Waals surface area contributed by atoms with E-state index in [1.165, 1.54) is 13.1 Å². The lowest BCUT2D eigenvalue weighted by atomic mass is 9.77. The van der Waals surface area contributed by atoms with Crippen LogP contribution in [-0.4, -0.2) is 25.0 Å². The van der Waals surface area contributed by atoms with Gasteiger partial charge < -0.3 is 4.90 Å². The van der Waals surface area contributed by atoms with E-state index in [0.29, 0.717) is 0 Å². The molecule has 2 saturated carbocycles. The molecule has 1 aliphatic heterocycles. The molecule has 0 aromatic carbocycles. The zero-order valence-electron chi connectivity index (χ0n) is 8.16. The maximum Gasteiger partial charge on any atom is 0.00127 e. The van der Waals surface area contributed by atoms with E-state index in [1.54, 1.807) is 12.8 Å². The van der Waals surface area contributed by atoms with Crippen LogP contribution < -0.4 is 0 Å². The summed E-state index contributed by atoms with van der Waals surface area (Å²) < 4.78 is 0. The molecule has 0 spiro atoms. The van der Waals surface area contributed by atoms with Gasteiger partial charge in [-0.05, 0) is 49.5 Å². The predicted molar refractivity (Wildman–Crippen MR) is 49.9 cm³/mol. The second-order valence-electron chi connectivity index (χ2n) is 5.42. The van der Waals surface area contributed by atoms with Gasteiger partial charge in [0.15, 0.2) is 0 Å². The summed E-state index contributed by atoms with van der Waals surface area (Å²) in [5.41, 5.74) is 0. The molecule has 5 atom stereocenters. The summed E-state index contributed by atoms with van der Waals surface area (Å²) in [6.07, 6.45) is 3.12. The molecule has 1 heterocycles. The Morgan fingerprint density at radius 3 is 2.58 bits per heavy atom. The highest BCUT2D eigenvalue weighted by Crippen LogP contribution is 2.57. The number of nitrogens with zero attached hydrogens (tertiary/aromatic N) is 1. The molecule has 1 saturated heterocycles. The fraction of sp³-hybridized carbons (Fsp3) is 1.00. The highest BCUT2D eigenvalue weighted by Gasteiger charge is 2.53. The van der Waals surface area contributed by atoms with E-state index in [4.69, 9.17) is 0 Å². The van der Waals surface area contributed by atoms with Crippen LogP contribution in [-0.2, 0) is 0 Å². The van der Waals surface area contributed by atoms with Crippen LogP contribution in [0.3, 0.4) is 0 Å². The summed E-state index contributed by atoms with van der Waals surface area (Å²) >= 11 is 0. The number of hydrogen-bond donors (Lipinski definition) is 0. The van der Waals surface area contributed by atoms with Gasteiger partial charge in [0, 0.05) is 13.1 Å². The zero-order valence-corrected chi connectivity index (χ0v) is 8.16. The van der Waals surface area contributed by atoms with Crippen molar-refractivity contribution in [2.24, 2.45) is 29.6 Å². The first-order valence-electron chi connectivity index (χ1n) is 5.44. The Morgan fingerprint density at radius 2 is 1.75 bits per heavy atom. The Balaban J connectivity index is 1.86. The molecule has 0 amide bonds. The minimum absolute atomic E-state index is 1.04. The molecule has 0 radical (unpaired) electrons. The molecule has 3 aliphatic rings. The van der Waals surface area contributed by atoms with Gasteiger partial charge >= 0.3 is 0 Å². The third kappa shape index (κ3) is 0.783. The van der Waals surface area contributed by atoms with Gasteiger partial charge in [0.1, 0.15) is 0 Å². The molecule has 0 aromatic rings. The van der Waals surface area contributed by atoms with Crippen LogP contribution in [0.5, 0.6) is 0 Å². The van der Waals surface area contributed by atoms with Crippen molar-refractivity contribution >= 4 is 0 Å². The molecular weight excluding hydrogens is 146 g/mol. The monoisotopic (exact) mass is 165 g/mol. The van der Waals surface area contributed by atoms with Gasteiger partial charge in [-0.2, -0.15) is 0 Å². The summed E-state index contributed by atoms with van der Waals surface area (Å²) in [6.45, 7) is 5.27. The van der Waals surface area contributed by atoms with Crippen LogP contribution in [0.4, 0.5) is 0 Å². The Kier molecular flexibility index (Phi) is 1.39. The average Bonchev–Trinajstić information content (AvgIpc) is 2.57. The molecule has 12 heavy (non-hydrogen) atoms. The Labute approximate surface area is 75.1 Å². The summed E-state index contributed by atoms with van der Waals surface area (Å²) in [5.74, 6) is 5.44. The first-order valence-corrected chi connectivity index (χ1v) is 5.44. The van der Waals surface area contributed by atoms with Gasteiger partial charge in [0.2, 0.25) is 0 Å². The third-order valence-corrected chi connectivity index (χ3v) is 4.73. The van der Waals surface area contributed by atoms with Crippen LogP contribution in [0.15, 0.2) is 0 Å². The summed E-state index contributed by atoms with van der Waals surface area (Å²) in [4.78, 5) is 2.55. The molecule has 1 heteroatoms. The quantitative estimate of drug-likeness (QED) is 0.529. The summed E-state index contributed by atoms with van der Waals surface area (Å²) in [7, 11) is 2.29. The Morgan fingerprint density at radius 1 is 1.00 bits per heavy atom. The van der Waals surface area contributed by atoms with Crippen molar-refractivity contribution in [2.75, 3.05) is 20.1 Å². The highest BCUT2D eigenvalue weighted by atomic mass is 15.1. The molecule has 3 fully saturated rings. The van der Waals surface area contributed by atoms with Crippen molar-refractivity contribution in [3.63, 3.8) is 0 Å². The smallest absolute Gasteiger partial charge is 0.00127 e. The van der Waals surface area contributed by atoms with Gasteiger partial charge in [0.05, 0.1) is 0 Å². The van der Waals surface area contributed by atoms with Crippen molar-refractivity contribution in [2.45, 2.75) is 19.8 Å². The van der Waals surface area contributed by atoms with Crippen molar-refractivity contribution in [1.29, 1.82) is 0 Å². The Hall–Kier alpha value is -0.0400. The second kappa shape index (κ2) is 2.25. The fourth-order valence-corrected chi connectivity index (χ4v) is 4.29. The molecule has 2 aliphatic carbocycles. The van der Waals surface area contributed by atoms with Crippen molar-refractivity contribution < 1.29 is 0 Å². The molecule has 0 N–H and O–H groups in total. The van der Waals surface area contributed by atoms with Crippen molar-refractivity contribution in [3.05, 3.63) is 0 Å². The van der Waals surface area contributed by atoms with Gasteiger partial charge in [-0.1, -0.05) is 6.92 Å². The van der Waals surface area contributed by atoms with E-state index in [2.05, 4.69) is 18.9 Å². The SMILES string of the molecule is CC1CC2CC1C1CN(C)CC21. The van der Waals surface area contributed by atoms with Crippen LogP contribution in [0.1, 0.15) is 19.8 Å². The molecule has 3 rings (SSSR count).